The molecule has 0 aromatic carbocycles. The van der Waals surface area contributed by atoms with Gasteiger partial charge in [-0.1, -0.05) is 30.8 Å². The molecule has 1 aromatic heterocycles. The van der Waals surface area contributed by atoms with Crippen LogP contribution in [0.15, 0.2) is 19.2 Å². The third kappa shape index (κ3) is 1.56. The molecule has 0 saturated carbocycles. The van der Waals surface area contributed by atoms with Crippen molar-refractivity contribution in [3.8, 4) is 0 Å². The number of aryl methyl sites for hydroxylation is 1. The standard InChI is InChI=1S/C10H10ClN/c1-4-8-6-7(3)10(11)12-9(8)5-2/h4-6H,1-2H2,3H3. The van der Waals surface area contributed by atoms with Crippen molar-refractivity contribution >= 4 is 23.8 Å². The van der Waals surface area contributed by atoms with Gasteiger partial charge in [0.2, 0.25) is 0 Å². The largest absolute Gasteiger partial charge is 0.236 e. The Labute approximate surface area is 77.4 Å². The van der Waals surface area contributed by atoms with Crippen molar-refractivity contribution < 1.29 is 0 Å². The van der Waals surface area contributed by atoms with Gasteiger partial charge in [0.15, 0.2) is 0 Å². The average Bonchev–Trinajstić information content (AvgIpc) is 2.09. The smallest absolute Gasteiger partial charge is 0.132 e. The quantitative estimate of drug-likeness (QED) is 0.635. The van der Waals surface area contributed by atoms with Gasteiger partial charge < -0.3 is 0 Å². The minimum atomic E-state index is 0.524. The summed E-state index contributed by atoms with van der Waals surface area (Å²) in [6.45, 7) is 9.23. The van der Waals surface area contributed by atoms with E-state index in [4.69, 9.17) is 11.6 Å². The van der Waals surface area contributed by atoms with E-state index < -0.39 is 0 Å². The van der Waals surface area contributed by atoms with Crippen molar-refractivity contribution in [2.45, 2.75) is 6.92 Å². The highest BCUT2D eigenvalue weighted by Gasteiger charge is 2.01. The molecule has 0 saturated heterocycles. The predicted molar refractivity (Wildman–Crippen MR) is 54.2 cm³/mol. The zero-order valence-corrected chi connectivity index (χ0v) is 7.73. The van der Waals surface area contributed by atoms with Crippen LogP contribution >= 0.6 is 11.6 Å². The maximum absolute atomic E-state index is 5.83. The minimum absolute atomic E-state index is 0.524. The number of aromatic nitrogens is 1. The lowest BCUT2D eigenvalue weighted by atomic mass is 10.1. The van der Waals surface area contributed by atoms with Crippen LogP contribution in [0, 0.1) is 6.92 Å². The number of rotatable bonds is 2. The fourth-order valence-corrected chi connectivity index (χ4v) is 1.10. The van der Waals surface area contributed by atoms with Gasteiger partial charge in [0.05, 0.1) is 5.69 Å². The Balaban J connectivity index is 3.37. The van der Waals surface area contributed by atoms with E-state index in [1.807, 2.05) is 13.0 Å². The van der Waals surface area contributed by atoms with Crippen LogP contribution in [0.1, 0.15) is 16.8 Å². The summed E-state index contributed by atoms with van der Waals surface area (Å²) < 4.78 is 0. The summed E-state index contributed by atoms with van der Waals surface area (Å²) in [6.07, 6.45) is 3.41. The van der Waals surface area contributed by atoms with E-state index in [0.29, 0.717) is 5.15 Å². The van der Waals surface area contributed by atoms with Gasteiger partial charge in [0, 0.05) is 0 Å². The highest BCUT2D eigenvalue weighted by molar-refractivity contribution is 6.30. The molecule has 0 atom stereocenters. The van der Waals surface area contributed by atoms with Gasteiger partial charge in [-0.25, -0.2) is 4.98 Å². The number of nitrogens with zero attached hydrogens (tertiary/aromatic N) is 1. The first-order chi connectivity index (χ1) is 5.69. The number of hydrogen-bond donors (Lipinski definition) is 0. The zero-order chi connectivity index (χ0) is 9.14. The molecule has 0 fully saturated rings. The van der Waals surface area contributed by atoms with E-state index in [1.54, 1.807) is 12.2 Å². The normalized spacial score (nSPS) is 9.50. The molecule has 1 nitrogen and oxygen atoms in total. The van der Waals surface area contributed by atoms with Crippen molar-refractivity contribution in [2.75, 3.05) is 0 Å². The molecular weight excluding hydrogens is 170 g/mol. The van der Waals surface area contributed by atoms with E-state index in [2.05, 4.69) is 18.1 Å². The predicted octanol–water partition coefficient (Wildman–Crippen LogP) is 3.33. The van der Waals surface area contributed by atoms with Crippen LogP contribution in [0.5, 0.6) is 0 Å². The lowest BCUT2D eigenvalue weighted by molar-refractivity contribution is 1.23. The number of halogens is 1. The summed E-state index contributed by atoms with van der Waals surface area (Å²) in [6, 6.07) is 1.94. The first-order valence-corrected chi connectivity index (χ1v) is 3.99. The topological polar surface area (TPSA) is 12.9 Å². The molecule has 2 heteroatoms. The fourth-order valence-electron chi connectivity index (χ4n) is 0.952. The van der Waals surface area contributed by atoms with Crippen molar-refractivity contribution in [3.63, 3.8) is 0 Å². The van der Waals surface area contributed by atoms with Crippen LogP contribution in [-0.2, 0) is 0 Å². The Kier molecular flexibility index (Phi) is 2.66. The average molecular weight is 180 g/mol. The van der Waals surface area contributed by atoms with E-state index in [-0.39, 0.29) is 0 Å². The van der Waals surface area contributed by atoms with Gasteiger partial charge in [-0.2, -0.15) is 0 Å². The minimum Gasteiger partial charge on any atom is -0.236 e. The van der Waals surface area contributed by atoms with Crippen LogP contribution in [0.25, 0.3) is 12.2 Å². The van der Waals surface area contributed by atoms with E-state index in [1.165, 1.54) is 0 Å². The van der Waals surface area contributed by atoms with Crippen molar-refractivity contribution in [1.82, 2.24) is 4.98 Å². The Bertz CT molecular complexity index is 296. The molecule has 1 aromatic rings. The SMILES string of the molecule is C=Cc1cc(C)c(Cl)nc1C=C. The van der Waals surface area contributed by atoms with Gasteiger partial charge >= 0.3 is 0 Å². The second-order valence-corrected chi connectivity index (χ2v) is 2.84. The Morgan fingerprint density at radius 2 is 2.08 bits per heavy atom. The molecular formula is C10H10ClN. The lowest BCUT2D eigenvalue weighted by Crippen LogP contribution is -1.89. The second kappa shape index (κ2) is 3.55. The van der Waals surface area contributed by atoms with Gasteiger partial charge in [-0.05, 0) is 30.2 Å². The molecule has 0 spiro atoms. The van der Waals surface area contributed by atoms with E-state index in [0.717, 1.165) is 16.8 Å². The first kappa shape index (κ1) is 9.01. The molecule has 0 N–H and O–H groups in total. The summed E-state index contributed by atoms with van der Waals surface area (Å²) in [7, 11) is 0. The van der Waals surface area contributed by atoms with Crippen LogP contribution in [-0.4, -0.2) is 4.98 Å². The summed E-state index contributed by atoms with van der Waals surface area (Å²) in [5.74, 6) is 0. The lowest BCUT2D eigenvalue weighted by Gasteiger charge is -2.02. The van der Waals surface area contributed by atoms with Gasteiger partial charge in [-0.3, -0.25) is 0 Å². The number of pyridine rings is 1. The zero-order valence-electron chi connectivity index (χ0n) is 6.97. The molecule has 0 aliphatic heterocycles. The maximum atomic E-state index is 5.83. The Hall–Kier alpha value is -1.08. The summed E-state index contributed by atoms with van der Waals surface area (Å²) in [4.78, 5) is 4.14. The van der Waals surface area contributed by atoms with E-state index in [9.17, 15) is 0 Å². The summed E-state index contributed by atoms with van der Waals surface area (Å²) >= 11 is 5.83. The number of hydrogen-bond acceptors (Lipinski definition) is 1. The third-order valence-electron chi connectivity index (χ3n) is 1.63. The molecule has 62 valence electrons. The summed E-state index contributed by atoms with van der Waals surface area (Å²) in [5, 5.41) is 0.524. The highest BCUT2D eigenvalue weighted by atomic mass is 35.5. The molecule has 0 aliphatic rings. The Morgan fingerprint density at radius 1 is 1.42 bits per heavy atom. The van der Waals surface area contributed by atoms with Crippen molar-refractivity contribution in [3.05, 3.63) is 41.2 Å². The van der Waals surface area contributed by atoms with E-state index >= 15 is 0 Å². The molecule has 1 heterocycles. The van der Waals surface area contributed by atoms with Crippen LogP contribution < -0.4 is 0 Å². The van der Waals surface area contributed by atoms with Gasteiger partial charge in [-0.15, -0.1) is 0 Å². The molecule has 12 heavy (non-hydrogen) atoms. The van der Waals surface area contributed by atoms with Crippen LogP contribution in [0.3, 0.4) is 0 Å². The molecule has 0 radical (unpaired) electrons. The molecule has 0 bridgehead atoms. The van der Waals surface area contributed by atoms with Crippen molar-refractivity contribution in [2.24, 2.45) is 0 Å². The second-order valence-electron chi connectivity index (χ2n) is 2.48. The molecule has 1 rings (SSSR count). The van der Waals surface area contributed by atoms with Crippen molar-refractivity contribution in [1.29, 1.82) is 0 Å². The van der Waals surface area contributed by atoms with Crippen LogP contribution in [0.2, 0.25) is 5.15 Å². The van der Waals surface area contributed by atoms with Crippen LogP contribution in [0.4, 0.5) is 0 Å². The first-order valence-electron chi connectivity index (χ1n) is 3.61. The van der Waals surface area contributed by atoms with Gasteiger partial charge in [0.1, 0.15) is 5.15 Å². The molecule has 0 aliphatic carbocycles. The maximum Gasteiger partial charge on any atom is 0.132 e. The summed E-state index contributed by atoms with van der Waals surface area (Å²) in [5.41, 5.74) is 2.70. The van der Waals surface area contributed by atoms with Gasteiger partial charge in [0.25, 0.3) is 0 Å². The third-order valence-corrected chi connectivity index (χ3v) is 2.01. The molecule has 0 amide bonds. The Morgan fingerprint density at radius 3 is 2.58 bits per heavy atom. The fraction of sp³-hybridized carbons (Fsp3) is 0.100. The highest BCUT2D eigenvalue weighted by Crippen LogP contribution is 2.18. The molecule has 0 unspecified atom stereocenters. The monoisotopic (exact) mass is 179 g/mol.